The minimum Gasteiger partial charge on any atom is -0.480 e. The van der Waals surface area contributed by atoms with E-state index in [2.05, 4.69) is 67.0 Å². The largest absolute Gasteiger partial charge is 0.480 e. The molecular weight excluding hydrogens is 781 g/mol. The Morgan fingerprint density at radius 2 is 0.900 bits per heavy atom. The first-order valence-electron chi connectivity index (χ1n) is 23.3. The van der Waals surface area contributed by atoms with Gasteiger partial charge in [0, 0.05) is 12.8 Å². The van der Waals surface area contributed by atoms with Gasteiger partial charge in [-0.05, 0) is 77.0 Å². The number of carbonyl (C=O) groups excluding carboxylic acids is 2. The minimum atomic E-state index is -4.74. The maximum Gasteiger partial charge on any atom is 0.472 e. The topological polar surface area (TPSA) is 172 Å². The number of carbonyl (C=O) groups is 3. The molecule has 0 radical (unpaired) electrons. The van der Waals surface area contributed by atoms with Crippen LogP contribution in [-0.2, 0) is 37.5 Å². The quantitative estimate of drug-likeness (QED) is 0.0230. The Bertz CT molecular complexity index is 1250. The predicted octanol–water partition coefficient (Wildman–Crippen LogP) is 12.7. The molecule has 346 valence electrons. The molecular formula is C48H84NO10P. The van der Waals surface area contributed by atoms with E-state index < -0.39 is 51.1 Å². The molecule has 0 heterocycles. The summed E-state index contributed by atoms with van der Waals surface area (Å²) in [6, 6.07) is -1.53. The SMILES string of the molecule is CCCCCC/C=C/CCCCCCCCCC(=O)OC[C@@H](COP(=O)(O)OC[C@H](N)C(=O)O)OC(=O)CCC/C=C/C/C=C/C/C=C/C/C=C/CCCCCCCCC. The highest BCUT2D eigenvalue weighted by Crippen LogP contribution is 2.43. The fraction of sp³-hybridized carbons (Fsp3) is 0.729. The van der Waals surface area contributed by atoms with E-state index in [0.717, 1.165) is 44.9 Å². The van der Waals surface area contributed by atoms with Crippen LogP contribution in [0, 0.1) is 0 Å². The van der Waals surface area contributed by atoms with Crippen LogP contribution in [0.3, 0.4) is 0 Å². The number of hydrogen-bond donors (Lipinski definition) is 3. The van der Waals surface area contributed by atoms with Crippen molar-refractivity contribution < 1.29 is 47.5 Å². The zero-order chi connectivity index (χ0) is 44.2. The van der Waals surface area contributed by atoms with Crippen molar-refractivity contribution in [3.8, 4) is 0 Å². The average molecular weight is 866 g/mol. The second kappa shape index (κ2) is 42.9. The number of carboxylic acid groups (broad SMARTS) is 1. The van der Waals surface area contributed by atoms with Crippen molar-refractivity contribution in [1.82, 2.24) is 0 Å². The van der Waals surface area contributed by atoms with Crippen LogP contribution in [0.2, 0.25) is 0 Å². The summed E-state index contributed by atoms with van der Waals surface area (Å²) in [4.78, 5) is 46.0. The lowest BCUT2D eigenvalue weighted by molar-refractivity contribution is -0.161. The summed E-state index contributed by atoms with van der Waals surface area (Å²) in [6.07, 6.45) is 50.1. The van der Waals surface area contributed by atoms with E-state index in [4.69, 9.17) is 24.8 Å². The zero-order valence-electron chi connectivity index (χ0n) is 37.5. The van der Waals surface area contributed by atoms with Gasteiger partial charge in [0.25, 0.3) is 0 Å². The number of phosphoric acid groups is 1. The van der Waals surface area contributed by atoms with Crippen molar-refractivity contribution in [2.45, 2.75) is 206 Å². The highest BCUT2D eigenvalue weighted by molar-refractivity contribution is 7.47. The number of allylic oxidation sites excluding steroid dienone is 10. The number of aliphatic carboxylic acids is 1. The Balaban J connectivity index is 4.43. The molecule has 4 N–H and O–H groups in total. The van der Waals surface area contributed by atoms with E-state index in [1.54, 1.807) is 0 Å². The number of unbranched alkanes of at least 4 members (excludes halogenated alkanes) is 19. The van der Waals surface area contributed by atoms with Crippen molar-refractivity contribution in [2.24, 2.45) is 5.73 Å². The first kappa shape index (κ1) is 57.2. The predicted molar refractivity (Wildman–Crippen MR) is 245 cm³/mol. The lowest BCUT2D eigenvalue weighted by Crippen LogP contribution is -2.34. The van der Waals surface area contributed by atoms with Gasteiger partial charge in [-0.15, -0.1) is 0 Å². The Labute approximate surface area is 364 Å². The molecule has 11 nitrogen and oxygen atoms in total. The smallest absolute Gasteiger partial charge is 0.472 e. The van der Waals surface area contributed by atoms with Crippen LogP contribution in [0.25, 0.3) is 0 Å². The number of carboxylic acids is 1. The van der Waals surface area contributed by atoms with Crippen LogP contribution >= 0.6 is 7.82 Å². The number of nitrogens with two attached hydrogens (primary N) is 1. The van der Waals surface area contributed by atoms with Crippen molar-refractivity contribution in [1.29, 1.82) is 0 Å². The maximum atomic E-state index is 12.6. The first-order chi connectivity index (χ1) is 29.1. The Hall–Kier alpha value is -2.82. The standard InChI is InChI=1S/C48H84NO10P/c1-3-5-7-9-11-13-15-17-19-20-21-22-23-24-26-28-30-32-34-36-38-40-47(51)59-44(42-57-60(54,55)58-43-45(49)48(52)53)41-56-46(50)39-37-35-33-31-29-27-25-18-16-14-12-10-8-6-4-2/h14,16,19-20,22-23,26,28,32,34,44-45H,3-13,15,17-18,21,24-25,27,29-31,33,35-43,49H2,1-2H3,(H,52,53)(H,54,55)/b16-14+,20-19+,23-22+,28-26+,34-32+/t44-,45-/m0/s1. The molecule has 0 aromatic rings. The third kappa shape index (κ3) is 41.9. The van der Waals surface area contributed by atoms with Crippen LogP contribution in [-0.4, -0.2) is 59.9 Å². The Morgan fingerprint density at radius 3 is 1.40 bits per heavy atom. The Morgan fingerprint density at radius 1 is 0.517 bits per heavy atom. The van der Waals surface area contributed by atoms with Gasteiger partial charge in [-0.1, -0.05) is 164 Å². The van der Waals surface area contributed by atoms with Gasteiger partial charge in [0.2, 0.25) is 0 Å². The molecule has 0 aliphatic carbocycles. The molecule has 0 fully saturated rings. The van der Waals surface area contributed by atoms with Crippen LogP contribution < -0.4 is 5.73 Å². The van der Waals surface area contributed by atoms with Gasteiger partial charge in [0.15, 0.2) is 6.10 Å². The lowest BCUT2D eigenvalue weighted by atomic mass is 10.1. The molecule has 1 unspecified atom stereocenters. The van der Waals surface area contributed by atoms with Crippen molar-refractivity contribution in [3.63, 3.8) is 0 Å². The molecule has 0 spiro atoms. The number of phosphoric ester groups is 1. The van der Waals surface area contributed by atoms with Crippen LogP contribution in [0.15, 0.2) is 60.8 Å². The Kier molecular flexibility index (Phi) is 40.8. The molecule has 0 saturated carbocycles. The van der Waals surface area contributed by atoms with Crippen molar-refractivity contribution >= 4 is 25.7 Å². The number of hydrogen-bond acceptors (Lipinski definition) is 9. The summed E-state index contributed by atoms with van der Waals surface area (Å²) < 4.78 is 32.7. The molecule has 0 aromatic carbocycles. The van der Waals surface area contributed by atoms with Crippen molar-refractivity contribution in [3.05, 3.63) is 60.8 Å². The summed E-state index contributed by atoms with van der Waals surface area (Å²) >= 11 is 0. The summed E-state index contributed by atoms with van der Waals surface area (Å²) in [7, 11) is -4.74. The maximum absolute atomic E-state index is 12.6. The molecule has 0 aliphatic heterocycles. The van der Waals surface area contributed by atoms with Crippen LogP contribution in [0.5, 0.6) is 0 Å². The fourth-order valence-corrected chi connectivity index (χ4v) is 6.83. The second-order valence-corrected chi connectivity index (χ2v) is 17.0. The minimum absolute atomic E-state index is 0.0828. The normalized spacial score (nSPS) is 14.2. The van der Waals surface area contributed by atoms with Gasteiger partial charge in [0.05, 0.1) is 13.2 Å². The monoisotopic (exact) mass is 866 g/mol. The number of rotatable bonds is 43. The zero-order valence-corrected chi connectivity index (χ0v) is 38.4. The summed E-state index contributed by atoms with van der Waals surface area (Å²) in [6.45, 7) is 2.73. The first-order valence-corrected chi connectivity index (χ1v) is 24.8. The molecule has 0 bridgehead atoms. The molecule has 0 rings (SSSR count). The van der Waals surface area contributed by atoms with E-state index >= 15 is 0 Å². The van der Waals surface area contributed by atoms with E-state index in [1.165, 1.54) is 103 Å². The van der Waals surface area contributed by atoms with Gasteiger partial charge >= 0.3 is 25.7 Å². The van der Waals surface area contributed by atoms with E-state index in [9.17, 15) is 23.8 Å². The molecule has 3 atom stereocenters. The highest BCUT2D eigenvalue weighted by Gasteiger charge is 2.28. The molecule has 0 saturated heterocycles. The third-order valence-corrected chi connectivity index (χ3v) is 10.7. The van der Waals surface area contributed by atoms with Gasteiger partial charge < -0.3 is 25.2 Å². The highest BCUT2D eigenvalue weighted by atomic mass is 31.2. The van der Waals surface area contributed by atoms with Gasteiger partial charge in [0.1, 0.15) is 12.6 Å². The molecule has 12 heteroatoms. The van der Waals surface area contributed by atoms with E-state index in [0.29, 0.717) is 19.3 Å². The molecule has 0 amide bonds. The van der Waals surface area contributed by atoms with Crippen LogP contribution in [0.4, 0.5) is 0 Å². The van der Waals surface area contributed by atoms with Gasteiger partial charge in [-0.2, -0.15) is 0 Å². The van der Waals surface area contributed by atoms with Gasteiger partial charge in [-0.25, -0.2) is 4.57 Å². The molecule has 0 aliphatic rings. The number of ether oxygens (including phenoxy) is 2. The summed E-state index contributed by atoms with van der Waals surface area (Å²) in [5.41, 5.74) is 5.33. The lowest BCUT2D eigenvalue weighted by Gasteiger charge is -2.20. The van der Waals surface area contributed by atoms with E-state index in [-0.39, 0.29) is 19.4 Å². The van der Waals surface area contributed by atoms with Gasteiger partial charge in [-0.3, -0.25) is 23.4 Å². The fourth-order valence-electron chi connectivity index (χ4n) is 6.05. The van der Waals surface area contributed by atoms with Crippen LogP contribution in [0.1, 0.15) is 194 Å². The summed E-state index contributed by atoms with van der Waals surface area (Å²) in [5, 5.41) is 8.90. The molecule has 0 aromatic heterocycles. The van der Waals surface area contributed by atoms with Crippen molar-refractivity contribution in [2.75, 3.05) is 19.8 Å². The molecule has 60 heavy (non-hydrogen) atoms. The average Bonchev–Trinajstić information content (AvgIpc) is 3.22. The van der Waals surface area contributed by atoms with E-state index in [1.807, 2.05) is 12.2 Å². The number of esters is 2. The second-order valence-electron chi connectivity index (χ2n) is 15.5. The summed E-state index contributed by atoms with van der Waals surface area (Å²) in [5.74, 6) is -2.46. The third-order valence-electron chi connectivity index (χ3n) is 9.74.